The van der Waals surface area contributed by atoms with Crippen molar-refractivity contribution in [2.75, 3.05) is 6.54 Å². The van der Waals surface area contributed by atoms with Crippen molar-refractivity contribution in [3.8, 4) is 11.1 Å². The van der Waals surface area contributed by atoms with Gasteiger partial charge in [0.15, 0.2) is 0 Å². The molecule has 1 aliphatic rings. The Bertz CT molecular complexity index is 985. The van der Waals surface area contributed by atoms with Crippen LogP contribution in [-0.4, -0.2) is 32.5 Å². The summed E-state index contributed by atoms with van der Waals surface area (Å²) in [6, 6.07) is 17.7. The smallest absolute Gasteiger partial charge is 0.336 e. The van der Waals surface area contributed by atoms with Gasteiger partial charge in [0.1, 0.15) is 5.82 Å². The van der Waals surface area contributed by atoms with E-state index in [0.717, 1.165) is 48.6 Å². The molecule has 1 aliphatic heterocycles. The fourth-order valence-corrected chi connectivity index (χ4v) is 3.96. The first kappa shape index (κ1) is 18.3. The van der Waals surface area contributed by atoms with E-state index in [4.69, 9.17) is 0 Å². The van der Waals surface area contributed by atoms with Crippen molar-refractivity contribution in [3.63, 3.8) is 0 Å². The molecular formula is C23H23N3O2. The van der Waals surface area contributed by atoms with Crippen LogP contribution in [0.1, 0.15) is 46.3 Å². The largest absolute Gasteiger partial charge is 0.478 e. The summed E-state index contributed by atoms with van der Waals surface area (Å²) >= 11 is 0. The normalized spacial score (nSPS) is 17.0. The van der Waals surface area contributed by atoms with Crippen molar-refractivity contribution in [1.29, 1.82) is 0 Å². The first-order valence-electron chi connectivity index (χ1n) is 9.57. The van der Waals surface area contributed by atoms with Gasteiger partial charge < -0.3 is 5.11 Å². The summed E-state index contributed by atoms with van der Waals surface area (Å²) in [5.74, 6) is -0.0921. The third kappa shape index (κ3) is 3.80. The number of likely N-dealkylation sites (tertiary alicyclic amines) is 1. The minimum absolute atomic E-state index is 0.328. The van der Waals surface area contributed by atoms with E-state index < -0.39 is 5.97 Å². The Hall–Kier alpha value is -3.05. The molecular weight excluding hydrogens is 350 g/mol. The topological polar surface area (TPSA) is 66.3 Å². The van der Waals surface area contributed by atoms with E-state index >= 15 is 0 Å². The first-order valence-corrected chi connectivity index (χ1v) is 9.57. The van der Waals surface area contributed by atoms with Gasteiger partial charge in [-0.15, -0.1) is 0 Å². The second-order valence-corrected chi connectivity index (χ2v) is 7.20. The molecule has 5 nitrogen and oxygen atoms in total. The summed E-state index contributed by atoms with van der Waals surface area (Å²) in [6.07, 6.45) is 4.11. The molecule has 0 spiro atoms. The van der Waals surface area contributed by atoms with Gasteiger partial charge in [-0.3, -0.25) is 4.90 Å². The summed E-state index contributed by atoms with van der Waals surface area (Å²) in [6.45, 7) is 3.84. The number of benzene rings is 2. The molecule has 0 unspecified atom stereocenters. The highest BCUT2D eigenvalue weighted by Gasteiger charge is 2.27. The SMILES string of the molecule is Cc1nccc([C@H]2CCCN2Cc2ccc(-c3ccccc3C(=O)O)cc2)n1. The zero-order valence-corrected chi connectivity index (χ0v) is 15.9. The average Bonchev–Trinajstić information content (AvgIpc) is 3.17. The maximum Gasteiger partial charge on any atom is 0.336 e. The molecule has 2 aromatic carbocycles. The summed E-state index contributed by atoms with van der Waals surface area (Å²) in [5.41, 5.74) is 4.31. The van der Waals surface area contributed by atoms with Gasteiger partial charge in [0.05, 0.1) is 17.3 Å². The van der Waals surface area contributed by atoms with E-state index in [1.807, 2.05) is 43.5 Å². The zero-order chi connectivity index (χ0) is 19.5. The summed E-state index contributed by atoms with van der Waals surface area (Å²) in [5, 5.41) is 9.41. The van der Waals surface area contributed by atoms with Gasteiger partial charge in [-0.25, -0.2) is 14.8 Å². The number of carboxylic acids is 1. The average molecular weight is 373 g/mol. The Morgan fingerprint density at radius 2 is 1.93 bits per heavy atom. The van der Waals surface area contributed by atoms with Crippen LogP contribution >= 0.6 is 0 Å². The van der Waals surface area contributed by atoms with Gasteiger partial charge in [0.25, 0.3) is 0 Å². The molecule has 28 heavy (non-hydrogen) atoms. The van der Waals surface area contributed by atoms with Crippen LogP contribution in [0.2, 0.25) is 0 Å². The van der Waals surface area contributed by atoms with Gasteiger partial charge in [-0.1, -0.05) is 42.5 Å². The second kappa shape index (κ2) is 7.90. The Morgan fingerprint density at radius 1 is 1.14 bits per heavy atom. The Labute approximate surface area is 164 Å². The molecule has 2 heterocycles. The molecule has 0 bridgehead atoms. The molecule has 0 radical (unpaired) electrons. The standard InChI is InChI=1S/C23H23N3O2/c1-16-24-13-12-21(25-16)22-7-4-14-26(22)15-17-8-10-18(11-9-17)19-5-2-3-6-20(19)23(27)28/h2-3,5-6,8-13,22H,4,7,14-15H2,1H3,(H,27,28)/t22-/m1/s1. The van der Waals surface area contributed by atoms with Crippen LogP contribution < -0.4 is 0 Å². The number of aryl methyl sites for hydroxylation is 1. The van der Waals surface area contributed by atoms with Crippen molar-refractivity contribution >= 4 is 5.97 Å². The van der Waals surface area contributed by atoms with Crippen LogP contribution in [0.3, 0.4) is 0 Å². The van der Waals surface area contributed by atoms with E-state index in [-0.39, 0.29) is 0 Å². The van der Waals surface area contributed by atoms with Crippen molar-refractivity contribution in [3.05, 3.63) is 83.4 Å². The van der Waals surface area contributed by atoms with Crippen LogP contribution in [0.5, 0.6) is 0 Å². The summed E-state index contributed by atoms with van der Waals surface area (Å²) < 4.78 is 0. The van der Waals surface area contributed by atoms with Crippen molar-refractivity contribution in [2.24, 2.45) is 0 Å². The zero-order valence-electron chi connectivity index (χ0n) is 15.9. The minimum Gasteiger partial charge on any atom is -0.478 e. The Kier molecular flexibility index (Phi) is 5.17. The maximum absolute atomic E-state index is 11.5. The Balaban J connectivity index is 1.53. The fourth-order valence-electron chi connectivity index (χ4n) is 3.96. The molecule has 1 atom stereocenters. The van der Waals surface area contributed by atoms with Gasteiger partial charge in [-0.05, 0) is 55.1 Å². The van der Waals surface area contributed by atoms with Crippen LogP contribution in [0.15, 0.2) is 60.8 Å². The lowest BCUT2D eigenvalue weighted by Gasteiger charge is -2.24. The summed E-state index contributed by atoms with van der Waals surface area (Å²) in [4.78, 5) is 22.8. The molecule has 3 aromatic rings. The monoisotopic (exact) mass is 373 g/mol. The van der Waals surface area contributed by atoms with Crippen molar-refractivity contribution < 1.29 is 9.90 Å². The van der Waals surface area contributed by atoms with E-state index in [2.05, 4.69) is 27.0 Å². The number of aromatic carboxylic acids is 1. The Morgan fingerprint density at radius 3 is 2.68 bits per heavy atom. The van der Waals surface area contributed by atoms with Crippen molar-refractivity contribution in [2.45, 2.75) is 32.4 Å². The van der Waals surface area contributed by atoms with Gasteiger partial charge in [-0.2, -0.15) is 0 Å². The fraction of sp³-hybridized carbons (Fsp3) is 0.261. The molecule has 1 N–H and O–H groups in total. The predicted molar refractivity (Wildman–Crippen MR) is 108 cm³/mol. The highest BCUT2D eigenvalue weighted by Crippen LogP contribution is 2.32. The second-order valence-electron chi connectivity index (χ2n) is 7.20. The van der Waals surface area contributed by atoms with Gasteiger partial charge >= 0.3 is 5.97 Å². The third-order valence-electron chi connectivity index (χ3n) is 5.31. The lowest BCUT2D eigenvalue weighted by molar-refractivity contribution is 0.0697. The van der Waals surface area contributed by atoms with Crippen LogP contribution in [0, 0.1) is 6.92 Å². The van der Waals surface area contributed by atoms with E-state index in [0.29, 0.717) is 11.6 Å². The molecule has 0 saturated carbocycles. The quantitative estimate of drug-likeness (QED) is 0.714. The number of hydrogen-bond acceptors (Lipinski definition) is 4. The molecule has 0 aliphatic carbocycles. The number of carboxylic acid groups (broad SMARTS) is 1. The van der Waals surface area contributed by atoms with E-state index in [9.17, 15) is 9.90 Å². The molecule has 1 fully saturated rings. The van der Waals surface area contributed by atoms with E-state index in [1.165, 1.54) is 5.56 Å². The number of carbonyl (C=O) groups is 1. The van der Waals surface area contributed by atoms with E-state index in [1.54, 1.807) is 12.1 Å². The molecule has 142 valence electrons. The maximum atomic E-state index is 11.5. The molecule has 5 heteroatoms. The van der Waals surface area contributed by atoms with Gasteiger partial charge in [0.2, 0.25) is 0 Å². The number of hydrogen-bond donors (Lipinski definition) is 1. The van der Waals surface area contributed by atoms with Crippen LogP contribution in [-0.2, 0) is 6.54 Å². The third-order valence-corrected chi connectivity index (χ3v) is 5.31. The molecule has 4 rings (SSSR count). The molecule has 1 aromatic heterocycles. The lowest BCUT2D eigenvalue weighted by atomic mass is 9.98. The predicted octanol–water partition coefficient (Wildman–Crippen LogP) is 4.49. The first-order chi connectivity index (χ1) is 13.6. The van der Waals surface area contributed by atoms with Gasteiger partial charge in [0, 0.05) is 12.7 Å². The lowest BCUT2D eigenvalue weighted by Crippen LogP contribution is -2.23. The summed E-state index contributed by atoms with van der Waals surface area (Å²) in [7, 11) is 0. The highest BCUT2D eigenvalue weighted by atomic mass is 16.4. The number of nitrogens with zero attached hydrogens (tertiary/aromatic N) is 3. The minimum atomic E-state index is -0.903. The number of rotatable bonds is 5. The molecule has 0 amide bonds. The van der Waals surface area contributed by atoms with Crippen LogP contribution in [0.25, 0.3) is 11.1 Å². The highest BCUT2D eigenvalue weighted by molar-refractivity contribution is 5.95. The van der Waals surface area contributed by atoms with Crippen LogP contribution in [0.4, 0.5) is 0 Å². The number of aromatic nitrogens is 2. The molecule has 1 saturated heterocycles. The van der Waals surface area contributed by atoms with Crippen molar-refractivity contribution in [1.82, 2.24) is 14.9 Å².